The van der Waals surface area contributed by atoms with Crippen molar-refractivity contribution in [1.82, 2.24) is 0 Å². The molecule has 3 nitrogen and oxygen atoms in total. The van der Waals surface area contributed by atoms with E-state index >= 15 is 0 Å². The molecule has 0 atom stereocenters. The smallest absolute Gasteiger partial charge is 0.0888 e. The molecular weight excluding hydrogens is 222 g/mol. The van der Waals surface area contributed by atoms with Crippen LogP contribution in [0.4, 0.5) is 17.1 Å². The molecule has 2 aromatic carbocycles. The molecule has 0 aliphatic rings. The van der Waals surface area contributed by atoms with E-state index in [2.05, 4.69) is 16.3 Å². The molecule has 2 N–H and O–H groups in total. The fourth-order valence-corrected chi connectivity index (χ4v) is 1.63. The van der Waals surface area contributed by atoms with Crippen molar-refractivity contribution >= 4 is 17.1 Å². The van der Waals surface area contributed by atoms with Gasteiger partial charge in [-0.1, -0.05) is 18.2 Å². The van der Waals surface area contributed by atoms with Gasteiger partial charge in [0.1, 0.15) is 0 Å². The predicted octanol–water partition coefficient (Wildman–Crippen LogP) is 4.61. The van der Waals surface area contributed by atoms with Crippen LogP contribution in [-0.2, 0) is 0 Å². The third-order valence-electron chi connectivity index (χ3n) is 2.90. The van der Waals surface area contributed by atoms with E-state index in [-0.39, 0.29) is 0 Å². The molecule has 0 bridgehead atoms. The van der Waals surface area contributed by atoms with Gasteiger partial charge >= 0.3 is 0 Å². The molecule has 0 saturated heterocycles. The fourth-order valence-electron chi connectivity index (χ4n) is 1.63. The second-order valence-corrected chi connectivity index (χ2v) is 4.53. The summed E-state index contributed by atoms with van der Waals surface area (Å²) in [7, 11) is 0. The van der Waals surface area contributed by atoms with Crippen LogP contribution in [0.5, 0.6) is 0 Å². The van der Waals surface area contributed by atoms with Gasteiger partial charge in [0.05, 0.1) is 11.4 Å². The molecule has 2 rings (SSSR count). The molecule has 0 radical (unpaired) electrons. The minimum absolute atomic E-state index is 0.743. The van der Waals surface area contributed by atoms with E-state index in [9.17, 15) is 0 Å². The average molecular weight is 239 g/mol. The first kappa shape index (κ1) is 12.3. The highest BCUT2D eigenvalue weighted by Gasteiger charge is 1.98. The van der Waals surface area contributed by atoms with E-state index in [1.165, 1.54) is 5.56 Å². The Labute approximate surface area is 107 Å². The number of anilines is 1. The standard InChI is InChI=1S/C15H17N3/c1-10-4-5-12(3)15(8-10)18-17-13-7-6-11(2)14(16)9-13/h4-9H,16H2,1-3H3. The van der Waals surface area contributed by atoms with Gasteiger partial charge in [0.25, 0.3) is 0 Å². The molecule has 0 spiro atoms. The SMILES string of the molecule is Cc1ccc(C)c(N=Nc2ccc(C)c(N)c2)c1. The third kappa shape index (κ3) is 2.74. The zero-order valence-corrected chi connectivity index (χ0v) is 10.9. The summed E-state index contributed by atoms with van der Waals surface area (Å²) in [5.41, 5.74) is 11.6. The molecule has 0 heterocycles. The van der Waals surface area contributed by atoms with E-state index in [1.807, 2.05) is 51.1 Å². The first-order valence-corrected chi connectivity index (χ1v) is 5.91. The number of azo groups is 1. The molecule has 0 aromatic heterocycles. The van der Waals surface area contributed by atoms with E-state index in [0.29, 0.717) is 0 Å². The number of nitrogens with zero attached hydrogens (tertiary/aromatic N) is 2. The maximum Gasteiger partial charge on any atom is 0.0888 e. The van der Waals surface area contributed by atoms with E-state index in [1.54, 1.807) is 0 Å². The Bertz CT molecular complexity index is 601. The van der Waals surface area contributed by atoms with E-state index in [0.717, 1.165) is 28.2 Å². The Morgan fingerprint density at radius 1 is 0.833 bits per heavy atom. The molecule has 2 aromatic rings. The highest BCUT2D eigenvalue weighted by atomic mass is 15.1. The molecule has 18 heavy (non-hydrogen) atoms. The van der Waals surface area contributed by atoms with Crippen molar-refractivity contribution in [2.24, 2.45) is 10.2 Å². The molecular formula is C15H17N3. The Hall–Kier alpha value is -2.16. The van der Waals surface area contributed by atoms with Crippen molar-refractivity contribution in [1.29, 1.82) is 0 Å². The second kappa shape index (κ2) is 5.00. The quantitative estimate of drug-likeness (QED) is 0.603. The minimum atomic E-state index is 0.743. The summed E-state index contributed by atoms with van der Waals surface area (Å²) in [4.78, 5) is 0. The molecule has 92 valence electrons. The van der Waals surface area contributed by atoms with Crippen LogP contribution in [0.1, 0.15) is 16.7 Å². The summed E-state index contributed by atoms with van der Waals surface area (Å²) in [6.45, 7) is 6.04. The van der Waals surface area contributed by atoms with Gasteiger partial charge < -0.3 is 5.73 Å². The summed E-state index contributed by atoms with van der Waals surface area (Å²) < 4.78 is 0. The van der Waals surface area contributed by atoms with Crippen LogP contribution in [0.3, 0.4) is 0 Å². The number of nitrogen functional groups attached to an aromatic ring is 1. The van der Waals surface area contributed by atoms with Gasteiger partial charge in [-0.3, -0.25) is 0 Å². The molecule has 0 unspecified atom stereocenters. The number of hydrogen-bond acceptors (Lipinski definition) is 3. The van der Waals surface area contributed by atoms with E-state index < -0.39 is 0 Å². The lowest BCUT2D eigenvalue weighted by molar-refractivity contribution is 1.20. The highest BCUT2D eigenvalue weighted by molar-refractivity contribution is 5.56. The van der Waals surface area contributed by atoms with Crippen molar-refractivity contribution in [2.45, 2.75) is 20.8 Å². The van der Waals surface area contributed by atoms with Crippen molar-refractivity contribution in [2.75, 3.05) is 5.73 Å². The lowest BCUT2D eigenvalue weighted by Crippen LogP contribution is -1.87. The van der Waals surface area contributed by atoms with Crippen LogP contribution in [0, 0.1) is 20.8 Å². The molecule has 0 aliphatic carbocycles. The lowest BCUT2D eigenvalue weighted by atomic mass is 10.1. The maximum atomic E-state index is 5.84. The largest absolute Gasteiger partial charge is 0.398 e. The number of hydrogen-bond donors (Lipinski definition) is 1. The molecule has 3 heteroatoms. The average Bonchev–Trinajstić information content (AvgIpc) is 2.34. The summed E-state index contributed by atoms with van der Waals surface area (Å²) >= 11 is 0. The monoisotopic (exact) mass is 239 g/mol. The Balaban J connectivity index is 2.29. The summed E-state index contributed by atoms with van der Waals surface area (Å²) in [6.07, 6.45) is 0. The number of nitrogens with two attached hydrogens (primary N) is 1. The van der Waals surface area contributed by atoms with Gasteiger partial charge in [0, 0.05) is 5.69 Å². The van der Waals surface area contributed by atoms with Crippen molar-refractivity contribution < 1.29 is 0 Å². The first-order chi connectivity index (χ1) is 8.56. The van der Waals surface area contributed by atoms with Gasteiger partial charge in [-0.15, -0.1) is 0 Å². The van der Waals surface area contributed by atoms with Crippen molar-refractivity contribution in [3.8, 4) is 0 Å². The normalized spacial score (nSPS) is 11.1. The second-order valence-electron chi connectivity index (χ2n) is 4.53. The Kier molecular flexibility index (Phi) is 3.42. The van der Waals surface area contributed by atoms with Crippen LogP contribution < -0.4 is 5.73 Å². The number of aryl methyl sites for hydroxylation is 3. The lowest BCUT2D eigenvalue weighted by Gasteiger charge is -2.02. The third-order valence-corrected chi connectivity index (χ3v) is 2.90. The molecule has 0 saturated carbocycles. The van der Waals surface area contributed by atoms with Gasteiger partial charge in [-0.25, -0.2) is 0 Å². The number of benzene rings is 2. The minimum Gasteiger partial charge on any atom is -0.398 e. The fraction of sp³-hybridized carbons (Fsp3) is 0.200. The van der Waals surface area contributed by atoms with Crippen molar-refractivity contribution in [3.63, 3.8) is 0 Å². The molecule has 0 fully saturated rings. The maximum absolute atomic E-state index is 5.84. The van der Waals surface area contributed by atoms with Gasteiger partial charge in [-0.05, 0) is 55.7 Å². The van der Waals surface area contributed by atoms with Crippen LogP contribution in [0.25, 0.3) is 0 Å². The topological polar surface area (TPSA) is 50.7 Å². The Morgan fingerprint density at radius 3 is 2.28 bits per heavy atom. The van der Waals surface area contributed by atoms with Crippen LogP contribution in [0.2, 0.25) is 0 Å². The Morgan fingerprint density at radius 2 is 1.56 bits per heavy atom. The molecule has 0 aliphatic heterocycles. The summed E-state index contributed by atoms with van der Waals surface area (Å²) in [5, 5.41) is 8.50. The van der Waals surface area contributed by atoms with E-state index in [4.69, 9.17) is 5.73 Å². The van der Waals surface area contributed by atoms with Crippen LogP contribution in [-0.4, -0.2) is 0 Å². The van der Waals surface area contributed by atoms with Crippen LogP contribution in [0.15, 0.2) is 46.6 Å². The van der Waals surface area contributed by atoms with Gasteiger partial charge in [-0.2, -0.15) is 10.2 Å². The first-order valence-electron chi connectivity index (χ1n) is 5.91. The zero-order chi connectivity index (χ0) is 13.1. The number of rotatable bonds is 2. The van der Waals surface area contributed by atoms with Crippen LogP contribution >= 0.6 is 0 Å². The summed E-state index contributed by atoms with van der Waals surface area (Å²) in [5.74, 6) is 0. The zero-order valence-electron chi connectivity index (χ0n) is 10.9. The highest BCUT2D eigenvalue weighted by Crippen LogP contribution is 2.25. The summed E-state index contributed by atoms with van der Waals surface area (Å²) in [6, 6.07) is 11.8. The predicted molar refractivity (Wildman–Crippen MR) is 75.7 cm³/mol. The van der Waals surface area contributed by atoms with Gasteiger partial charge in [0.15, 0.2) is 0 Å². The van der Waals surface area contributed by atoms with Crippen molar-refractivity contribution in [3.05, 3.63) is 53.1 Å². The molecule has 0 amide bonds. The van der Waals surface area contributed by atoms with Gasteiger partial charge in [0.2, 0.25) is 0 Å².